The fraction of sp³-hybridized carbons (Fsp3) is 0.333. The highest BCUT2D eigenvalue weighted by molar-refractivity contribution is 5.94. The van der Waals surface area contributed by atoms with Crippen LogP contribution in [-0.2, 0) is 20.0 Å². The minimum Gasteiger partial charge on any atom is -0.356 e. The third-order valence-corrected chi connectivity index (χ3v) is 5.34. The van der Waals surface area contributed by atoms with E-state index < -0.39 is 0 Å². The van der Waals surface area contributed by atoms with Crippen LogP contribution in [0.4, 0.5) is 0 Å². The van der Waals surface area contributed by atoms with Crippen molar-refractivity contribution in [3.8, 4) is 0 Å². The number of guanidine groups is 1. The number of nitrogens with one attached hydrogen (secondary N) is 3. The Morgan fingerprint density at radius 2 is 1.91 bits per heavy atom. The maximum atomic E-state index is 11.9. The quantitative estimate of drug-likeness (QED) is 0.375. The number of rotatable bonds is 8. The van der Waals surface area contributed by atoms with Crippen LogP contribution >= 0.6 is 0 Å². The number of carbonyl (C=O) groups is 1. The van der Waals surface area contributed by atoms with Gasteiger partial charge in [-0.15, -0.1) is 10.2 Å². The molecule has 0 aliphatic heterocycles. The molecule has 0 aliphatic carbocycles. The van der Waals surface area contributed by atoms with E-state index in [-0.39, 0.29) is 11.9 Å². The van der Waals surface area contributed by atoms with Crippen LogP contribution in [0.15, 0.2) is 59.6 Å². The summed E-state index contributed by atoms with van der Waals surface area (Å²) >= 11 is 0. The number of aliphatic imine (C=N–C) groups is 1. The van der Waals surface area contributed by atoms with E-state index in [0.29, 0.717) is 24.6 Å². The lowest BCUT2D eigenvalue weighted by molar-refractivity contribution is 0.0963. The molecule has 2 aromatic carbocycles. The molecule has 32 heavy (non-hydrogen) atoms. The Morgan fingerprint density at radius 3 is 2.59 bits per heavy atom. The first kappa shape index (κ1) is 23.0. The van der Waals surface area contributed by atoms with Crippen LogP contribution in [0.5, 0.6) is 0 Å². The third kappa shape index (κ3) is 6.16. The maximum absolute atomic E-state index is 11.9. The second kappa shape index (κ2) is 11.1. The molecule has 168 valence electrons. The Labute approximate surface area is 189 Å². The Balaban J connectivity index is 1.68. The van der Waals surface area contributed by atoms with Crippen LogP contribution < -0.4 is 16.0 Å². The molecule has 3 rings (SSSR count). The second-order valence-electron chi connectivity index (χ2n) is 7.62. The average Bonchev–Trinajstić information content (AvgIpc) is 3.14. The van der Waals surface area contributed by atoms with E-state index >= 15 is 0 Å². The normalized spacial score (nSPS) is 12.3. The molecule has 0 saturated carbocycles. The van der Waals surface area contributed by atoms with Gasteiger partial charge in [-0.2, -0.15) is 0 Å². The smallest absolute Gasteiger partial charge is 0.251 e. The van der Waals surface area contributed by atoms with Crippen molar-refractivity contribution in [2.45, 2.75) is 32.9 Å². The van der Waals surface area contributed by atoms with Crippen molar-refractivity contribution in [1.29, 1.82) is 0 Å². The molecule has 0 spiro atoms. The van der Waals surface area contributed by atoms with Gasteiger partial charge in [0.1, 0.15) is 12.4 Å². The maximum Gasteiger partial charge on any atom is 0.251 e. The minimum atomic E-state index is -0.0839. The lowest BCUT2D eigenvalue weighted by atomic mass is 10.1. The molecule has 1 unspecified atom stereocenters. The zero-order chi connectivity index (χ0) is 22.9. The summed E-state index contributed by atoms with van der Waals surface area (Å²) in [6, 6.07) is 18.0. The molecule has 0 radical (unpaired) electrons. The highest BCUT2D eigenvalue weighted by Gasteiger charge is 2.10. The molecule has 1 aromatic heterocycles. The van der Waals surface area contributed by atoms with Gasteiger partial charge in [0.05, 0.1) is 6.04 Å². The molecule has 1 atom stereocenters. The second-order valence-corrected chi connectivity index (χ2v) is 7.62. The monoisotopic (exact) mass is 433 g/mol. The van der Waals surface area contributed by atoms with Gasteiger partial charge in [0.15, 0.2) is 11.8 Å². The summed E-state index contributed by atoms with van der Waals surface area (Å²) in [5.74, 6) is 2.27. The summed E-state index contributed by atoms with van der Waals surface area (Å²) in [5.41, 5.74) is 2.92. The van der Waals surface area contributed by atoms with Crippen molar-refractivity contribution in [3.05, 3.63) is 82.9 Å². The van der Waals surface area contributed by atoms with Crippen LogP contribution in [0.2, 0.25) is 0 Å². The van der Waals surface area contributed by atoms with Gasteiger partial charge in [-0.05, 0) is 43.5 Å². The summed E-state index contributed by atoms with van der Waals surface area (Å²) < 4.78 is 1.94. The molecule has 0 aliphatic rings. The van der Waals surface area contributed by atoms with Gasteiger partial charge in [0.25, 0.3) is 5.91 Å². The van der Waals surface area contributed by atoms with Gasteiger partial charge in [-0.1, -0.05) is 42.5 Å². The SMILES string of the molecule is CNC(=O)c1cccc(CCNC(=NCc2nnc(C)n2C)NC(C)c2ccccc2)c1. The number of aryl methyl sites for hydroxylation is 1. The van der Waals surface area contributed by atoms with Crippen molar-refractivity contribution in [1.82, 2.24) is 30.7 Å². The van der Waals surface area contributed by atoms with Crippen molar-refractivity contribution >= 4 is 11.9 Å². The van der Waals surface area contributed by atoms with Crippen molar-refractivity contribution < 1.29 is 4.79 Å². The van der Waals surface area contributed by atoms with Crippen molar-refractivity contribution in [2.24, 2.45) is 12.0 Å². The fourth-order valence-corrected chi connectivity index (χ4v) is 3.26. The van der Waals surface area contributed by atoms with E-state index in [1.807, 2.05) is 61.0 Å². The molecule has 0 bridgehead atoms. The molecular weight excluding hydrogens is 402 g/mol. The molecule has 3 N–H and O–H groups in total. The van der Waals surface area contributed by atoms with Crippen LogP contribution in [0.3, 0.4) is 0 Å². The van der Waals surface area contributed by atoms with Gasteiger partial charge in [-0.25, -0.2) is 4.99 Å². The number of amides is 1. The molecule has 1 amide bonds. The predicted octanol–water partition coefficient (Wildman–Crippen LogP) is 2.52. The molecule has 1 heterocycles. The highest BCUT2D eigenvalue weighted by Crippen LogP contribution is 2.11. The summed E-state index contributed by atoms with van der Waals surface area (Å²) in [7, 11) is 3.57. The van der Waals surface area contributed by atoms with Crippen molar-refractivity contribution in [2.75, 3.05) is 13.6 Å². The first-order valence-corrected chi connectivity index (χ1v) is 10.7. The number of benzene rings is 2. The molecule has 0 fully saturated rings. The lowest BCUT2D eigenvalue weighted by Crippen LogP contribution is -2.39. The standard InChI is InChI=1S/C24H31N7O/c1-17(20-10-6-5-7-11-20)28-24(27-16-22-30-29-18(2)31(22)4)26-14-13-19-9-8-12-21(15-19)23(32)25-3/h5-12,15,17H,13-14,16H2,1-4H3,(H,25,32)(H2,26,27,28). The molecule has 8 nitrogen and oxygen atoms in total. The first-order chi connectivity index (χ1) is 15.5. The van der Waals surface area contributed by atoms with Crippen LogP contribution in [0.25, 0.3) is 0 Å². The van der Waals surface area contributed by atoms with E-state index in [1.165, 1.54) is 5.56 Å². The minimum absolute atomic E-state index is 0.0836. The summed E-state index contributed by atoms with van der Waals surface area (Å²) in [5, 5.41) is 17.8. The van der Waals surface area contributed by atoms with E-state index in [4.69, 9.17) is 4.99 Å². The molecule has 3 aromatic rings. The summed E-state index contributed by atoms with van der Waals surface area (Å²) in [6.45, 7) is 5.11. The summed E-state index contributed by atoms with van der Waals surface area (Å²) in [4.78, 5) is 16.6. The van der Waals surface area contributed by atoms with E-state index in [1.54, 1.807) is 7.05 Å². The predicted molar refractivity (Wildman–Crippen MR) is 126 cm³/mol. The van der Waals surface area contributed by atoms with Gasteiger partial charge in [0, 0.05) is 26.2 Å². The van der Waals surface area contributed by atoms with Gasteiger partial charge in [0.2, 0.25) is 0 Å². The molecule has 8 heteroatoms. The Kier molecular flexibility index (Phi) is 7.96. The van der Waals surface area contributed by atoms with E-state index in [0.717, 1.165) is 23.6 Å². The van der Waals surface area contributed by atoms with E-state index in [9.17, 15) is 4.79 Å². The molecule has 0 saturated heterocycles. The topological polar surface area (TPSA) is 96.2 Å². The number of hydrogen-bond acceptors (Lipinski definition) is 4. The van der Waals surface area contributed by atoms with Crippen LogP contribution in [-0.4, -0.2) is 40.2 Å². The highest BCUT2D eigenvalue weighted by atomic mass is 16.1. The number of aromatic nitrogens is 3. The van der Waals surface area contributed by atoms with Crippen LogP contribution in [0, 0.1) is 6.92 Å². The Bertz CT molecular complexity index is 1060. The van der Waals surface area contributed by atoms with E-state index in [2.05, 4.69) is 45.2 Å². The Hall–Kier alpha value is -3.68. The summed E-state index contributed by atoms with van der Waals surface area (Å²) in [6.07, 6.45) is 0.758. The van der Waals surface area contributed by atoms with Crippen molar-refractivity contribution in [3.63, 3.8) is 0 Å². The largest absolute Gasteiger partial charge is 0.356 e. The van der Waals surface area contributed by atoms with Crippen LogP contribution in [0.1, 0.15) is 46.1 Å². The number of hydrogen-bond donors (Lipinski definition) is 3. The van der Waals surface area contributed by atoms with Gasteiger partial charge >= 0.3 is 0 Å². The zero-order valence-electron chi connectivity index (χ0n) is 19.1. The third-order valence-electron chi connectivity index (χ3n) is 5.34. The molecular formula is C24H31N7O. The Morgan fingerprint density at radius 1 is 1.12 bits per heavy atom. The zero-order valence-corrected chi connectivity index (χ0v) is 19.1. The number of nitrogens with zero attached hydrogens (tertiary/aromatic N) is 4. The number of carbonyl (C=O) groups excluding carboxylic acids is 1. The fourth-order valence-electron chi connectivity index (χ4n) is 3.26. The van der Waals surface area contributed by atoms with Gasteiger partial charge in [-0.3, -0.25) is 4.79 Å². The first-order valence-electron chi connectivity index (χ1n) is 10.7. The lowest BCUT2D eigenvalue weighted by Gasteiger charge is -2.19. The van der Waals surface area contributed by atoms with Gasteiger partial charge < -0.3 is 20.5 Å². The average molecular weight is 434 g/mol.